The monoisotopic (exact) mass is 393 g/mol. The number of hydrogen-bond acceptors (Lipinski definition) is 4. The van der Waals surface area contributed by atoms with Crippen LogP contribution in [0.25, 0.3) is 0 Å². The maximum atomic E-state index is 13.1. The van der Waals surface area contributed by atoms with Crippen molar-refractivity contribution >= 4 is 23.5 Å². The number of ether oxygens (including phenoxy) is 2. The number of halogens is 2. The van der Waals surface area contributed by atoms with E-state index in [0.717, 1.165) is 23.4 Å². The summed E-state index contributed by atoms with van der Waals surface area (Å²) in [6.07, 6.45) is -0.348. The van der Waals surface area contributed by atoms with E-state index in [1.165, 1.54) is 13.0 Å². The van der Waals surface area contributed by atoms with Crippen LogP contribution in [0.1, 0.15) is 24.1 Å². The fourth-order valence-electron chi connectivity index (χ4n) is 2.75. The van der Waals surface area contributed by atoms with Gasteiger partial charge in [-0.1, -0.05) is 17.7 Å². The molecule has 1 heterocycles. The van der Waals surface area contributed by atoms with Crippen LogP contribution in [0.5, 0.6) is 11.5 Å². The number of carboxylic acid groups (broad SMARTS) is 1. The van der Waals surface area contributed by atoms with E-state index in [1.54, 1.807) is 18.2 Å². The summed E-state index contributed by atoms with van der Waals surface area (Å²) in [5, 5.41) is 12.0. The van der Waals surface area contributed by atoms with Crippen molar-refractivity contribution in [1.82, 2.24) is 5.32 Å². The maximum absolute atomic E-state index is 13.1. The molecule has 0 aromatic heterocycles. The first-order chi connectivity index (χ1) is 12.8. The Morgan fingerprint density at radius 2 is 2.07 bits per heavy atom. The normalized spacial score (nSPS) is 14.6. The molecule has 0 saturated carbocycles. The lowest BCUT2D eigenvalue weighted by Gasteiger charge is -2.20. The molecule has 6 nitrogen and oxygen atoms in total. The predicted molar refractivity (Wildman–Crippen MR) is 95.7 cm³/mol. The van der Waals surface area contributed by atoms with Gasteiger partial charge in [0.05, 0.1) is 11.6 Å². The fraction of sp³-hybridized carbons (Fsp3) is 0.263. The summed E-state index contributed by atoms with van der Waals surface area (Å²) in [4.78, 5) is 24.1. The second-order valence-corrected chi connectivity index (χ2v) is 6.49. The maximum Gasteiger partial charge on any atom is 0.330 e. The van der Waals surface area contributed by atoms with Crippen LogP contribution in [-0.2, 0) is 16.0 Å². The van der Waals surface area contributed by atoms with Crippen molar-refractivity contribution in [2.24, 2.45) is 0 Å². The van der Waals surface area contributed by atoms with Crippen molar-refractivity contribution in [2.45, 2.75) is 25.5 Å². The van der Waals surface area contributed by atoms with Crippen molar-refractivity contribution in [3.63, 3.8) is 0 Å². The van der Waals surface area contributed by atoms with E-state index in [-0.39, 0.29) is 10.8 Å². The van der Waals surface area contributed by atoms with Gasteiger partial charge in [-0.15, -0.1) is 0 Å². The lowest BCUT2D eigenvalue weighted by Crippen LogP contribution is -2.41. The highest BCUT2D eigenvalue weighted by molar-refractivity contribution is 6.32. The molecule has 0 radical (unpaired) electrons. The molecule has 0 spiro atoms. The first kappa shape index (κ1) is 19.0. The third kappa shape index (κ3) is 4.31. The Bertz CT molecular complexity index is 888. The van der Waals surface area contributed by atoms with Gasteiger partial charge in [0.2, 0.25) is 0 Å². The number of carbonyl (C=O) groups is 2. The van der Waals surface area contributed by atoms with Gasteiger partial charge in [-0.25, -0.2) is 9.18 Å². The Hall–Kier alpha value is -2.80. The average molecular weight is 394 g/mol. The highest BCUT2D eigenvalue weighted by Gasteiger charge is 2.27. The zero-order valence-electron chi connectivity index (χ0n) is 14.4. The molecule has 1 amide bonds. The first-order valence-electron chi connectivity index (χ1n) is 8.25. The van der Waals surface area contributed by atoms with Crippen LogP contribution < -0.4 is 14.8 Å². The number of hydrogen-bond donors (Lipinski definition) is 2. The first-order valence-corrected chi connectivity index (χ1v) is 8.63. The summed E-state index contributed by atoms with van der Waals surface area (Å²) in [6, 6.07) is 7.29. The zero-order valence-corrected chi connectivity index (χ0v) is 15.1. The van der Waals surface area contributed by atoms with Crippen LogP contribution in [0.4, 0.5) is 4.39 Å². The summed E-state index contributed by atoms with van der Waals surface area (Å²) >= 11 is 5.88. The van der Waals surface area contributed by atoms with Gasteiger partial charge in [0, 0.05) is 6.42 Å². The SMILES string of the molecule is CC(Oc1ccc(F)cc1Cl)C(=O)NC(C(=O)O)c1ccc2c(c1)CCO2. The Balaban J connectivity index is 1.72. The molecule has 27 heavy (non-hydrogen) atoms. The summed E-state index contributed by atoms with van der Waals surface area (Å²) in [5.74, 6) is -1.52. The number of carbonyl (C=O) groups excluding carboxylic acids is 1. The molecule has 1 aliphatic heterocycles. The van der Waals surface area contributed by atoms with Crippen LogP contribution in [0.2, 0.25) is 5.02 Å². The third-order valence-electron chi connectivity index (χ3n) is 4.15. The predicted octanol–water partition coefficient (Wildman–Crippen LogP) is 3.12. The van der Waals surface area contributed by atoms with E-state index < -0.39 is 29.8 Å². The molecule has 142 valence electrons. The van der Waals surface area contributed by atoms with Gasteiger partial charge in [-0.3, -0.25) is 4.79 Å². The van der Waals surface area contributed by atoms with Crippen LogP contribution >= 0.6 is 11.6 Å². The quantitative estimate of drug-likeness (QED) is 0.787. The molecule has 3 rings (SSSR count). The molecular weight excluding hydrogens is 377 g/mol. The van der Waals surface area contributed by atoms with Gasteiger partial charge in [0.25, 0.3) is 5.91 Å². The number of benzene rings is 2. The Morgan fingerprint density at radius 3 is 2.78 bits per heavy atom. The van der Waals surface area contributed by atoms with Gasteiger partial charge in [-0.05, 0) is 48.4 Å². The Kier molecular flexibility index (Phi) is 5.51. The number of fused-ring (bicyclic) bond motifs is 1. The van der Waals surface area contributed by atoms with Crippen molar-refractivity contribution in [3.05, 3.63) is 58.4 Å². The van der Waals surface area contributed by atoms with Crippen molar-refractivity contribution in [3.8, 4) is 11.5 Å². The highest BCUT2D eigenvalue weighted by Crippen LogP contribution is 2.29. The molecule has 2 aromatic rings. The lowest BCUT2D eigenvalue weighted by molar-refractivity contribution is -0.143. The minimum absolute atomic E-state index is 0.0167. The van der Waals surface area contributed by atoms with E-state index in [2.05, 4.69) is 5.32 Å². The Labute approximate surface area is 159 Å². The summed E-state index contributed by atoms with van der Waals surface area (Å²) < 4.78 is 23.9. The molecule has 0 saturated heterocycles. The van der Waals surface area contributed by atoms with Gasteiger partial charge in [-0.2, -0.15) is 0 Å². The van der Waals surface area contributed by atoms with Crippen LogP contribution in [0.15, 0.2) is 36.4 Å². The number of aliphatic carboxylic acids is 1. The van der Waals surface area contributed by atoms with Crippen LogP contribution in [-0.4, -0.2) is 29.7 Å². The Morgan fingerprint density at radius 1 is 1.30 bits per heavy atom. The minimum Gasteiger partial charge on any atom is -0.493 e. The molecule has 2 N–H and O–H groups in total. The molecule has 1 aliphatic rings. The van der Waals surface area contributed by atoms with Crippen molar-refractivity contribution in [1.29, 1.82) is 0 Å². The number of nitrogens with one attached hydrogen (secondary N) is 1. The molecule has 0 bridgehead atoms. The van der Waals surface area contributed by atoms with E-state index in [1.807, 2.05) is 0 Å². The minimum atomic E-state index is -1.24. The molecule has 2 atom stereocenters. The topological polar surface area (TPSA) is 84.9 Å². The summed E-state index contributed by atoms with van der Waals surface area (Å²) in [6.45, 7) is 2.00. The van der Waals surface area contributed by atoms with Crippen molar-refractivity contribution in [2.75, 3.05) is 6.61 Å². The summed E-state index contributed by atoms with van der Waals surface area (Å²) in [7, 11) is 0. The molecular formula is C19H17ClFNO5. The highest BCUT2D eigenvalue weighted by atomic mass is 35.5. The van der Waals surface area contributed by atoms with E-state index in [4.69, 9.17) is 21.1 Å². The second kappa shape index (κ2) is 7.84. The molecule has 0 fully saturated rings. The van der Waals surface area contributed by atoms with Crippen molar-refractivity contribution < 1.29 is 28.6 Å². The number of rotatable bonds is 6. The van der Waals surface area contributed by atoms with Gasteiger partial charge < -0.3 is 19.9 Å². The third-order valence-corrected chi connectivity index (χ3v) is 4.44. The molecule has 0 aliphatic carbocycles. The standard InChI is InChI=1S/C19H17ClFNO5/c1-10(27-16-5-3-13(21)9-14(16)20)18(23)22-17(19(24)25)12-2-4-15-11(8-12)6-7-26-15/h2-5,8-10,17H,6-7H2,1H3,(H,22,23)(H,24,25). The van der Waals surface area contributed by atoms with E-state index in [0.29, 0.717) is 18.6 Å². The number of carboxylic acids is 1. The zero-order chi connectivity index (χ0) is 19.6. The molecule has 8 heteroatoms. The molecule has 2 aromatic carbocycles. The molecule has 2 unspecified atom stereocenters. The van der Waals surface area contributed by atoms with Gasteiger partial charge in [0.1, 0.15) is 17.3 Å². The largest absolute Gasteiger partial charge is 0.493 e. The number of amides is 1. The van der Waals surface area contributed by atoms with Gasteiger partial charge >= 0.3 is 5.97 Å². The van der Waals surface area contributed by atoms with E-state index >= 15 is 0 Å². The van der Waals surface area contributed by atoms with Crippen LogP contribution in [0, 0.1) is 5.82 Å². The van der Waals surface area contributed by atoms with Gasteiger partial charge in [0.15, 0.2) is 12.1 Å². The second-order valence-electron chi connectivity index (χ2n) is 6.08. The average Bonchev–Trinajstić information content (AvgIpc) is 3.09. The van der Waals surface area contributed by atoms with Crippen LogP contribution in [0.3, 0.4) is 0 Å². The van der Waals surface area contributed by atoms with E-state index in [9.17, 15) is 19.1 Å². The smallest absolute Gasteiger partial charge is 0.330 e. The lowest BCUT2D eigenvalue weighted by atomic mass is 10.0. The summed E-state index contributed by atoms with van der Waals surface area (Å²) in [5.41, 5.74) is 1.34. The fourth-order valence-corrected chi connectivity index (χ4v) is 2.96.